The maximum Gasteiger partial charge on any atom is 0.278 e. The normalized spacial score (nSPS) is 14.1. The van der Waals surface area contributed by atoms with Crippen LogP contribution >= 0.6 is 0 Å². The third-order valence-electron chi connectivity index (χ3n) is 5.03. The van der Waals surface area contributed by atoms with Crippen LogP contribution in [0.25, 0.3) is 5.57 Å². The molecule has 0 bridgehead atoms. The Balaban J connectivity index is 1.98. The van der Waals surface area contributed by atoms with Crippen molar-refractivity contribution in [3.63, 3.8) is 0 Å². The van der Waals surface area contributed by atoms with E-state index >= 15 is 0 Å². The summed E-state index contributed by atoms with van der Waals surface area (Å²) in [7, 11) is 0. The van der Waals surface area contributed by atoms with Crippen molar-refractivity contribution in [2.45, 2.75) is 27.2 Å². The maximum atomic E-state index is 13.7. The van der Waals surface area contributed by atoms with Gasteiger partial charge < -0.3 is 10.1 Å². The minimum Gasteiger partial charge on any atom is -0.382 e. The van der Waals surface area contributed by atoms with Crippen LogP contribution in [0.15, 0.2) is 42.1 Å². The summed E-state index contributed by atoms with van der Waals surface area (Å²) in [6.45, 7) is 6.93. The molecule has 0 radical (unpaired) electrons. The van der Waals surface area contributed by atoms with E-state index < -0.39 is 23.4 Å². The average Bonchev–Trinajstić information content (AvgIpc) is 2.94. The van der Waals surface area contributed by atoms with Crippen molar-refractivity contribution in [1.29, 1.82) is 0 Å². The Morgan fingerprint density at radius 3 is 2.40 bits per heavy atom. The second-order valence-electron chi connectivity index (χ2n) is 7.12. The molecule has 0 aromatic heterocycles. The smallest absolute Gasteiger partial charge is 0.278 e. The number of nitrogens with one attached hydrogen (secondary N) is 1. The summed E-state index contributed by atoms with van der Waals surface area (Å²) >= 11 is 0. The third kappa shape index (κ3) is 4.41. The molecule has 0 spiro atoms. The fourth-order valence-electron chi connectivity index (χ4n) is 3.25. The van der Waals surface area contributed by atoms with E-state index in [4.69, 9.17) is 4.74 Å². The lowest BCUT2D eigenvalue weighted by Gasteiger charge is -2.15. The van der Waals surface area contributed by atoms with Crippen LogP contribution in [0.5, 0.6) is 0 Å². The summed E-state index contributed by atoms with van der Waals surface area (Å²) in [6.07, 6.45) is 0.504. The Morgan fingerprint density at radius 1 is 0.967 bits per heavy atom. The number of nitrogens with zero attached hydrogens (tertiary/aromatic N) is 1. The van der Waals surface area contributed by atoms with E-state index in [0.717, 1.165) is 28.2 Å². The summed E-state index contributed by atoms with van der Waals surface area (Å²) < 4.78 is 32.2. The number of amides is 2. The number of imide groups is 1. The van der Waals surface area contributed by atoms with Gasteiger partial charge in [0, 0.05) is 31.5 Å². The number of aryl methyl sites for hydroxylation is 2. The van der Waals surface area contributed by atoms with E-state index in [1.54, 1.807) is 6.07 Å². The average molecular weight is 414 g/mol. The Bertz CT molecular complexity index is 1020. The van der Waals surface area contributed by atoms with Crippen LogP contribution in [0.4, 0.5) is 14.5 Å². The Hall–Kier alpha value is -3.06. The molecule has 1 N–H and O–H groups in total. The van der Waals surface area contributed by atoms with E-state index in [2.05, 4.69) is 5.32 Å². The van der Waals surface area contributed by atoms with E-state index in [0.29, 0.717) is 25.2 Å². The van der Waals surface area contributed by atoms with Gasteiger partial charge in [0.1, 0.15) is 5.70 Å². The molecular weight excluding hydrogens is 390 g/mol. The van der Waals surface area contributed by atoms with Crippen molar-refractivity contribution < 1.29 is 23.1 Å². The van der Waals surface area contributed by atoms with Gasteiger partial charge in [-0.2, -0.15) is 0 Å². The highest BCUT2D eigenvalue weighted by atomic mass is 19.2. The number of hydrogen-bond acceptors (Lipinski definition) is 4. The van der Waals surface area contributed by atoms with E-state index in [1.807, 2.05) is 32.9 Å². The van der Waals surface area contributed by atoms with Gasteiger partial charge in [-0.05, 0) is 56.0 Å². The lowest BCUT2D eigenvalue weighted by atomic mass is 9.99. The molecule has 0 saturated carbocycles. The second kappa shape index (κ2) is 9.17. The zero-order valence-electron chi connectivity index (χ0n) is 17.2. The van der Waals surface area contributed by atoms with E-state index in [-0.39, 0.29) is 23.5 Å². The number of carbonyl (C=O) groups is 2. The summed E-state index contributed by atoms with van der Waals surface area (Å²) in [4.78, 5) is 27.3. The van der Waals surface area contributed by atoms with Crippen molar-refractivity contribution in [3.05, 3.63) is 70.4 Å². The van der Waals surface area contributed by atoms with Gasteiger partial charge in [0.05, 0.1) is 5.57 Å². The number of benzene rings is 2. The number of rotatable bonds is 8. The molecule has 1 aliphatic rings. The molecular formula is C23H24F2N2O3. The standard InChI is InChI=1S/C23H24F2N2O3/c1-4-30-11-5-10-27-22(28)20(16-7-6-14(2)15(3)12-16)21(23(27)29)26-17-8-9-18(24)19(25)13-17/h6-9,12-13,26H,4-5,10-11H2,1-3H3. The molecule has 5 nitrogen and oxygen atoms in total. The minimum atomic E-state index is -1.04. The van der Waals surface area contributed by atoms with Crippen molar-refractivity contribution in [3.8, 4) is 0 Å². The van der Waals surface area contributed by atoms with Gasteiger partial charge in [-0.15, -0.1) is 0 Å². The lowest BCUT2D eigenvalue weighted by Crippen LogP contribution is -2.34. The van der Waals surface area contributed by atoms with Gasteiger partial charge in [-0.25, -0.2) is 8.78 Å². The molecule has 2 aromatic rings. The zero-order valence-corrected chi connectivity index (χ0v) is 17.2. The first-order chi connectivity index (χ1) is 14.3. The molecule has 2 amide bonds. The van der Waals surface area contributed by atoms with Gasteiger partial charge in [0.2, 0.25) is 0 Å². The molecule has 1 heterocycles. The maximum absolute atomic E-state index is 13.7. The number of carbonyl (C=O) groups excluding carboxylic acids is 2. The topological polar surface area (TPSA) is 58.6 Å². The molecule has 2 aromatic carbocycles. The summed E-state index contributed by atoms with van der Waals surface area (Å²) in [5.41, 5.74) is 3.06. The van der Waals surface area contributed by atoms with Crippen LogP contribution in [0.1, 0.15) is 30.0 Å². The number of ether oxygens (including phenoxy) is 1. The first-order valence-corrected chi connectivity index (χ1v) is 9.81. The fraction of sp³-hybridized carbons (Fsp3) is 0.304. The zero-order chi connectivity index (χ0) is 21.8. The van der Waals surface area contributed by atoms with Gasteiger partial charge in [-0.3, -0.25) is 14.5 Å². The van der Waals surface area contributed by atoms with Crippen LogP contribution in [0.2, 0.25) is 0 Å². The van der Waals surface area contributed by atoms with Gasteiger partial charge in [0.15, 0.2) is 11.6 Å². The predicted molar refractivity (Wildman–Crippen MR) is 111 cm³/mol. The molecule has 0 fully saturated rings. The van der Waals surface area contributed by atoms with Crippen molar-refractivity contribution >= 4 is 23.1 Å². The Morgan fingerprint density at radius 2 is 1.73 bits per heavy atom. The molecule has 0 aliphatic carbocycles. The molecule has 0 unspecified atom stereocenters. The highest BCUT2D eigenvalue weighted by molar-refractivity contribution is 6.36. The monoisotopic (exact) mass is 414 g/mol. The minimum absolute atomic E-state index is 0.0469. The quantitative estimate of drug-likeness (QED) is 0.520. The van der Waals surface area contributed by atoms with Crippen LogP contribution in [-0.4, -0.2) is 36.5 Å². The Kier molecular flexibility index (Phi) is 6.62. The van der Waals surface area contributed by atoms with Gasteiger partial charge >= 0.3 is 0 Å². The highest BCUT2D eigenvalue weighted by Crippen LogP contribution is 2.31. The molecule has 3 rings (SSSR count). The number of halogens is 2. The van der Waals surface area contributed by atoms with Crippen molar-refractivity contribution in [1.82, 2.24) is 4.90 Å². The van der Waals surface area contributed by atoms with Gasteiger partial charge in [0.25, 0.3) is 11.8 Å². The van der Waals surface area contributed by atoms with Crippen LogP contribution in [0, 0.1) is 25.5 Å². The molecule has 0 saturated heterocycles. The van der Waals surface area contributed by atoms with E-state index in [9.17, 15) is 18.4 Å². The molecule has 1 aliphatic heterocycles. The van der Waals surface area contributed by atoms with Crippen LogP contribution in [0.3, 0.4) is 0 Å². The first-order valence-electron chi connectivity index (χ1n) is 9.81. The second-order valence-corrected chi connectivity index (χ2v) is 7.12. The van der Waals surface area contributed by atoms with E-state index in [1.165, 1.54) is 6.07 Å². The predicted octanol–water partition coefficient (Wildman–Crippen LogP) is 4.20. The van der Waals surface area contributed by atoms with Crippen molar-refractivity contribution in [2.75, 3.05) is 25.1 Å². The number of anilines is 1. The molecule has 30 heavy (non-hydrogen) atoms. The summed E-state index contributed by atoms with van der Waals surface area (Å²) in [6, 6.07) is 8.73. The Labute approximate surface area is 174 Å². The third-order valence-corrected chi connectivity index (χ3v) is 5.03. The summed E-state index contributed by atoms with van der Waals surface area (Å²) in [5, 5.41) is 2.83. The highest BCUT2D eigenvalue weighted by Gasteiger charge is 2.39. The van der Waals surface area contributed by atoms with Crippen LogP contribution in [-0.2, 0) is 14.3 Å². The first kappa shape index (κ1) is 21.6. The largest absolute Gasteiger partial charge is 0.382 e. The van der Waals surface area contributed by atoms with Crippen molar-refractivity contribution in [2.24, 2.45) is 0 Å². The van der Waals surface area contributed by atoms with Crippen LogP contribution < -0.4 is 5.32 Å². The fourth-order valence-corrected chi connectivity index (χ4v) is 3.25. The SMILES string of the molecule is CCOCCCN1C(=O)C(Nc2ccc(F)c(F)c2)=C(c2ccc(C)c(C)c2)C1=O. The molecule has 158 valence electrons. The number of hydrogen-bond donors (Lipinski definition) is 1. The lowest BCUT2D eigenvalue weighted by molar-refractivity contribution is -0.137. The summed E-state index contributed by atoms with van der Waals surface area (Å²) in [5.74, 6) is -2.96. The van der Waals surface area contributed by atoms with Gasteiger partial charge in [-0.1, -0.05) is 18.2 Å². The molecule has 7 heteroatoms. The molecule has 0 atom stereocenters.